The summed E-state index contributed by atoms with van der Waals surface area (Å²) in [5, 5.41) is 0. The molecule has 0 unspecified atom stereocenters. The molecular weight excluding hydrogens is 194 g/mol. The van der Waals surface area contributed by atoms with E-state index in [0.717, 1.165) is 0 Å². The summed E-state index contributed by atoms with van der Waals surface area (Å²) in [5.41, 5.74) is 2.95. The van der Waals surface area contributed by atoms with Gasteiger partial charge in [-0.15, -0.1) is 5.54 Å². The van der Waals surface area contributed by atoms with E-state index in [1.54, 1.807) is 0 Å². The molecule has 12 heavy (non-hydrogen) atoms. The van der Waals surface area contributed by atoms with Crippen LogP contribution in [-0.2, 0) is 10.3 Å². The van der Waals surface area contributed by atoms with Crippen molar-refractivity contribution in [1.29, 1.82) is 0 Å². The molecule has 0 aromatic rings. The lowest BCUT2D eigenvalue weighted by molar-refractivity contribution is 0.471. The molecule has 0 saturated carbocycles. The fraction of sp³-hybridized carbons (Fsp3) is 0.667. The summed E-state index contributed by atoms with van der Waals surface area (Å²) in [6.07, 6.45) is 0. The van der Waals surface area contributed by atoms with E-state index < -0.39 is 18.4 Å². The van der Waals surface area contributed by atoms with Crippen molar-refractivity contribution in [3.63, 3.8) is 0 Å². The molecule has 0 spiro atoms. The lowest BCUT2D eigenvalue weighted by Gasteiger charge is -2.03. The van der Waals surface area contributed by atoms with Gasteiger partial charge in [0.05, 0.1) is 6.54 Å². The fourth-order valence-electron chi connectivity index (χ4n) is 0.437. The van der Waals surface area contributed by atoms with Gasteiger partial charge in [-0.25, -0.2) is 0 Å². The second kappa shape index (κ2) is 4.05. The molecule has 0 aliphatic carbocycles. The van der Waals surface area contributed by atoms with E-state index in [4.69, 9.17) is 4.55 Å². The first-order chi connectivity index (χ1) is 5.21. The Kier molecular flexibility index (Phi) is 3.93. The van der Waals surface area contributed by atoms with Crippen LogP contribution in [0.15, 0.2) is 0 Å². The second-order valence-corrected chi connectivity index (χ2v) is 9.34. The van der Waals surface area contributed by atoms with Gasteiger partial charge in [0.1, 0.15) is 8.07 Å². The average molecular weight is 207 g/mol. The zero-order chi connectivity index (χ0) is 9.83. The van der Waals surface area contributed by atoms with Gasteiger partial charge in [-0.05, 0) is 0 Å². The van der Waals surface area contributed by atoms with Gasteiger partial charge in [-0.2, -0.15) is 13.1 Å². The monoisotopic (exact) mass is 207 g/mol. The first-order valence-corrected chi connectivity index (χ1v) is 8.37. The number of hydrogen-bond acceptors (Lipinski definition) is 2. The van der Waals surface area contributed by atoms with Crippen LogP contribution in [0.2, 0.25) is 19.6 Å². The van der Waals surface area contributed by atoms with Crippen LogP contribution in [0.1, 0.15) is 0 Å². The van der Waals surface area contributed by atoms with Gasteiger partial charge in [0.2, 0.25) is 0 Å². The maximum atomic E-state index is 10.1. The first kappa shape index (κ1) is 11.6. The summed E-state index contributed by atoms with van der Waals surface area (Å²) in [5.74, 6) is 2.64. The van der Waals surface area contributed by atoms with E-state index in [9.17, 15) is 8.42 Å². The number of hydrogen-bond donors (Lipinski definition) is 2. The number of nitrogens with one attached hydrogen (secondary N) is 1. The summed E-state index contributed by atoms with van der Waals surface area (Å²) in [6.45, 7) is 6.12. The molecular formula is C6H13NO3SSi. The van der Waals surface area contributed by atoms with Gasteiger partial charge < -0.3 is 0 Å². The molecule has 4 nitrogen and oxygen atoms in total. The molecule has 0 amide bonds. The molecule has 0 aromatic heterocycles. The molecule has 0 fully saturated rings. The van der Waals surface area contributed by atoms with Gasteiger partial charge in [-0.3, -0.25) is 4.55 Å². The standard InChI is InChI=1S/C6H13NO3SSi/c1-12(2,3)6-4-5-7-11(8,9)10/h7H,5H2,1-3H3,(H,8,9,10). The Labute approximate surface area is 74.3 Å². The molecule has 0 rings (SSSR count). The van der Waals surface area contributed by atoms with Gasteiger partial charge in [0, 0.05) is 0 Å². The highest BCUT2D eigenvalue weighted by atomic mass is 32.2. The summed E-state index contributed by atoms with van der Waals surface area (Å²) in [4.78, 5) is 0. The molecule has 0 aliphatic rings. The highest BCUT2D eigenvalue weighted by Crippen LogP contribution is 1.95. The van der Waals surface area contributed by atoms with E-state index in [-0.39, 0.29) is 6.54 Å². The highest BCUT2D eigenvalue weighted by Gasteiger charge is 2.07. The Morgan fingerprint density at radius 2 is 1.92 bits per heavy atom. The Bertz CT molecular complexity index is 293. The quantitative estimate of drug-likeness (QED) is 0.388. The summed E-state index contributed by atoms with van der Waals surface area (Å²) in [6, 6.07) is 0. The molecule has 0 aromatic carbocycles. The minimum absolute atomic E-state index is 0.0247. The van der Waals surface area contributed by atoms with E-state index in [0.29, 0.717) is 0 Å². The molecule has 0 radical (unpaired) electrons. The van der Waals surface area contributed by atoms with Crippen molar-refractivity contribution in [2.45, 2.75) is 19.6 Å². The third kappa shape index (κ3) is 9.65. The maximum Gasteiger partial charge on any atom is 0.334 e. The third-order valence-corrected chi connectivity index (χ3v) is 2.24. The van der Waals surface area contributed by atoms with E-state index in [1.165, 1.54) is 0 Å². The van der Waals surface area contributed by atoms with Gasteiger partial charge in [0.25, 0.3) is 0 Å². The summed E-state index contributed by atoms with van der Waals surface area (Å²) >= 11 is 0. The van der Waals surface area contributed by atoms with Crippen LogP contribution < -0.4 is 4.72 Å². The predicted molar refractivity (Wildman–Crippen MR) is 50.7 cm³/mol. The van der Waals surface area contributed by atoms with E-state index in [1.807, 2.05) is 24.4 Å². The zero-order valence-electron chi connectivity index (χ0n) is 7.38. The molecule has 0 aliphatic heterocycles. The lowest BCUT2D eigenvalue weighted by atomic mass is 10.7. The first-order valence-electron chi connectivity index (χ1n) is 3.43. The summed E-state index contributed by atoms with van der Waals surface area (Å²) < 4.78 is 30.4. The molecule has 0 heterocycles. The minimum atomic E-state index is -4.08. The number of rotatable bonds is 2. The molecule has 6 heteroatoms. The molecule has 0 saturated heterocycles. The maximum absolute atomic E-state index is 10.1. The highest BCUT2D eigenvalue weighted by molar-refractivity contribution is 7.83. The molecule has 2 N–H and O–H groups in total. The van der Waals surface area contributed by atoms with Crippen LogP contribution in [0.3, 0.4) is 0 Å². The van der Waals surface area contributed by atoms with Crippen LogP contribution >= 0.6 is 0 Å². The van der Waals surface area contributed by atoms with E-state index in [2.05, 4.69) is 11.5 Å². The van der Waals surface area contributed by atoms with Crippen LogP contribution in [0.25, 0.3) is 0 Å². The summed E-state index contributed by atoms with van der Waals surface area (Å²) in [7, 11) is -5.51. The van der Waals surface area contributed by atoms with Gasteiger partial charge in [-0.1, -0.05) is 25.6 Å². The molecule has 0 bridgehead atoms. The van der Waals surface area contributed by atoms with Crippen LogP contribution in [0.5, 0.6) is 0 Å². The lowest BCUT2D eigenvalue weighted by Crippen LogP contribution is -2.23. The van der Waals surface area contributed by atoms with Crippen LogP contribution in [0.4, 0.5) is 0 Å². The normalized spacial score (nSPS) is 12.0. The molecule has 70 valence electrons. The van der Waals surface area contributed by atoms with Crippen molar-refractivity contribution >= 4 is 18.4 Å². The SMILES string of the molecule is C[Si](C)(C)C#CCNS(=O)(=O)O. The van der Waals surface area contributed by atoms with Gasteiger partial charge >= 0.3 is 10.3 Å². The molecule has 0 atom stereocenters. The topological polar surface area (TPSA) is 66.4 Å². The zero-order valence-corrected chi connectivity index (χ0v) is 9.20. The Morgan fingerprint density at radius 3 is 2.25 bits per heavy atom. The van der Waals surface area contributed by atoms with Crippen LogP contribution in [0, 0.1) is 11.5 Å². The van der Waals surface area contributed by atoms with E-state index >= 15 is 0 Å². The average Bonchev–Trinajstić information content (AvgIpc) is 1.76. The third-order valence-electron chi connectivity index (χ3n) is 0.806. The van der Waals surface area contributed by atoms with Gasteiger partial charge in [0.15, 0.2) is 0 Å². The van der Waals surface area contributed by atoms with Crippen molar-refractivity contribution in [3.8, 4) is 11.5 Å². The largest absolute Gasteiger partial charge is 0.334 e. The van der Waals surface area contributed by atoms with Crippen molar-refractivity contribution in [2.24, 2.45) is 0 Å². The Hall–Kier alpha value is -0.353. The second-order valence-electron chi connectivity index (χ2n) is 3.35. The fourth-order valence-corrected chi connectivity index (χ4v) is 1.31. The van der Waals surface area contributed by atoms with Crippen molar-refractivity contribution < 1.29 is 13.0 Å². The van der Waals surface area contributed by atoms with Crippen molar-refractivity contribution in [3.05, 3.63) is 0 Å². The van der Waals surface area contributed by atoms with Crippen molar-refractivity contribution in [1.82, 2.24) is 4.72 Å². The predicted octanol–water partition coefficient (Wildman–Crippen LogP) is 0.260. The van der Waals surface area contributed by atoms with Crippen molar-refractivity contribution in [2.75, 3.05) is 6.54 Å². The Morgan fingerprint density at radius 1 is 1.42 bits per heavy atom. The smallest absolute Gasteiger partial charge is 0.273 e. The minimum Gasteiger partial charge on any atom is -0.273 e. The Balaban J connectivity index is 3.92. The van der Waals surface area contributed by atoms with Crippen LogP contribution in [-0.4, -0.2) is 27.6 Å².